The van der Waals surface area contributed by atoms with E-state index in [4.69, 9.17) is 0 Å². The van der Waals surface area contributed by atoms with Crippen LogP contribution in [0.4, 0.5) is 11.4 Å². The summed E-state index contributed by atoms with van der Waals surface area (Å²) in [5.41, 5.74) is 9.34. The number of benzene rings is 2. The maximum atomic E-state index is 11.5. The summed E-state index contributed by atoms with van der Waals surface area (Å²) in [5.74, 6) is 0.854. The number of amides is 1. The minimum absolute atomic E-state index is 0.0875. The number of thioether (sulfide) groups is 1. The molecule has 25 heavy (non-hydrogen) atoms. The van der Waals surface area contributed by atoms with Gasteiger partial charge in [0.05, 0.1) is 11.4 Å². The molecule has 2 heterocycles. The van der Waals surface area contributed by atoms with Gasteiger partial charge in [-0.3, -0.25) is 10.2 Å². The molecule has 0 aromatic heterocycles. The predicted octanol–water partition coefficient (Wildman–Crippen LogP) is 3.61. The Morgan fingerprint density at radius 1 is 1.16 bits per heavy atom. The van der Waals surface area contributed by atoms with E-state index in [0.717, 1.165) is 40.0 Å². The van der Waals surface area contributed by atoms with Crippen LogP contribution in [0.3, 0.4) is 0 Å². The molecule has 0 spiro atoms. The van der Waals surface area contributed by atoms with E-state index < -0.39 is 0 Å². The quantitative estimate of drug-likeness (QED) is 0.869. The van der Waals surface area contributed by atoms with Crippen LogP contribution in [0, 0.1) is 6.92 Å². The molecule has 5 nitrogen and oxygen atoms in total. The summed E-state index contributed by atoms with van der Waals surface area (Å²) in [4.78, 5) is 16.1. The second-order valence-electron chi connectivity index (χ2n) is 6.14. The predicted molar refractivity (Wildman–Crippen MR) is 104 cm³/mol. The average Bonchev–Trinajstić information content (AvgIpc) is 2.62. The molecular weight excluding hydrogens is 332 g/mol. The smallest absolute Gasteiger partial charge is 0.224 e. The lowest BCUT2D eigenvalue weighted by atomic mass is 9.99. The molecule has 0 unspecified atom stereocenters. The van der Waals surface area contributed by atoms with Crippen LogP contribution in [0.25, 0.3) is 0 Å². The minimum atomic E-state index is 0.0875. The third kappa shape index (κ3) is 3.58. The molecule has 2 aliphatic heterocycles. The molecule has 0 bridgehead atoms. The number of hydrazone groups is 1. The van der Waals surface area contributed by atoms with Crippen LogP contribution in [0.5, 0.6) is 0 Å². The van der Waals surface area contributed by atoms with Crippen molar-refractivity contribution in [3.63, 3.8) is 0 Å². The Labute approximate surface area is 150 Å². The number of hydrogen-bond donors (Lipinski definition) is 2. The van der Waals surface area contributed by atoms with Crippen molar-refractivity contribution in [2.24, 2.45) is 10.1 Å². The van der Waals surface area contributed by atoms with Crippen LogP contribution in [-0.4, -0.2) is 22.5 Å². The molecular formula is C19H18N4OS. The van der Waals surface area contributed by atoms with Crippen molar-refractivity contribution in [1.29, 1.82) is 0 Å². The average molecular weight is 350 g/mol. The number of carbonyl (C=O) groups excluding carboxylic acids is 1. The molecule has 0 aliphatic carbocycles. The van der Waals surface area contributed by atoms with Crippen LogP contribution < -0.4 is 10.7 Å². The molecule has 0 radical (unpaired) electrons. The number of amidine groups is 1. The molecule has 2 aromatic rings. The van der Waals surface area contributed by atoms with Crippen molar-refractivity contribution >= 4 is 39.9 Å². The lowest BCUT2D eigenvalue weighted by molar-refractivity contribution is -0.116. The summed E-state index contributed by atoms with van der Waals surface area (Å²) in [6.07, 6.45) is 1.33. The van der Waals surface area contributed by atoms with Gasteiger partial charge < -0.3 is 5.32 Å². The number of aryl methyl sites for hydroxylation is 2. The summed E-state index contributed by atoms with van der Waals surface area (Å²) in [6.45, 7) is 2.06. The normalized spacial score (nSPS) is 18.2. The van der Waals surface area contributed by atoms with E-state index >= 15 is 0 Å². The summed E-state index contributed by atoms with van der Waals surface area (Å²) in [5, 5.41) is 8.21. The second-order valence-corrected chi connectivity index (χ2v) is 7.10. The number of hydrogen-bond acceptors (Lipinski definition) is 4. The number of nitrogens with zero attached hydrogens (tertiary/aromatic N) is 2. The van der Waals surface area contributed by atoms with E-state index in [1.807, 2.05) is 30.3 Å². The van der Waals surface area contributed by atoms with Gasteiger partial charge >= 0.3 is 0 Å². The number of aliphatic imine (C=N–C) groups is 1. The van der Waals surface area contributed by atoms with E-state index in [0.29, 0.717) is 6.42 Å². The fraction of sp³-hybridized carbons (Fsp3) is 0.211. The van der Waals surface area contributed by atoms with Crippen LogP contribution >= 0.6 is 11.8 Å². The van der Waals surface area contributed by atoms with Crippen LogP contribution in [0.15, 0.2) is 52.6 Å². The van der Waals surface area contributed by atoms with Gasteiger partial charge in [-0.2, -0.15) is 5.10 Å². The first-order chi connectivity index (χ1) is 12.2. The van der Waals surface area contributed by atoms with Crippen molar-refractivity contribution < 1.29 is 4.79 Å². The fourth-order valence-corrected chi connectivity index (χ4v) is 3.68. The standard InChI is InChI=1S/C19H18N4OS/c1-12-3-2-4-15(9-12)20-19-23-22-17(11-25-19)14-5-7-16-13(10-14)6-8-18(24)21-16/h2-5,7,9-10H,6,8,11H2,1H3,(H,20,23)(H,21,24). The molecule has 0 atom stereocenters. The van der Waals surface area contributed by atoms with Gasteiger partial charge in [0.1, 0.15) is 0 Å². The van der Waals surface area contributed by atoms with Gasteiger partial charge in [-0.05, 0) is 54.3 Å². The lowest BCUT2D eigenvalue weighted by Crippen LogP contribution is -2.25. The van der Waals surface area contributed by atoms with Gasteiger partial charge in [0.2, 0.25) is 5.91 Å². The highest BCUT2D eigenvalue weighted by molar-refractivity contribution is 8.14. The zero-order valence-corrected chi connectivity index (χ0v) is 14.7. The molecule has 6 heteroatoms. The number of carbonyl (C=O) groups is 1. The highest BCUT2D eigenvalue weighted by atomic mass is 32.2. The van der Waals surface area contributed by atoms with Crippen molar-refractivity contribution in [3.05, 3.63) is 59.2 Å². The topological polar surface area (TPSA) is 65.8 Å². The van der Waals surface area contributed by atoms with Crippen LogP contribution in [-0.2, 0) is 11.2 Å². The lowest BCUT2D eigenvalue weighted by Gasteiger charge is -2.19. The SMILES string of the molecule is Cc1cccc(N=C2NN=C(c3ccc4c(c3)CCC(=O)N4)CS2)c1. The van der Waals surface area contributed by atoms with E-state index in [-0.39, 0.29) is 5.91 Å². The summed E-state index contributed by atoms with van der Waals surface area (Å²) >= 11 is 1.64. The van der Waals surface area contributed by atoms with Crippen molar-refractivity contribution in [2.75, 3.05) is 11.1 Å². The molecule has 0 saturated carbocycles. The van der Waals surface area contributed by atoms with Gasteiger partial charge in [-0.1, -0.05) is 30.0 Å². The van der Waals surface area contributed by atoms with Gasteiger partial charge in [-0.25, -0.2) is 4.99 Å². The Bertz CT molecular complexity index is 904. The fourth-order valence-electron chi connectivity index (χ4n) is 2.90. The van der Waals surface area contributed by atoms with E-state index in [1.165, 1.54) is 11.1 Å². The number of fused-ring (bicyclic) bond motifs is 1. The molecule has 2 aliphatic rings. The van der Waals surface area contributed by atoms with E-state index in [2.05, 4.69) is 39.9 Å². The molecule has 0 saturated heterocycles. The van der Waals surface area contributed by atoms with E-state index in [9.17, 15) is 4.79 Å². The van der Waals surface area contributed by atoms with Gasteiger partial charge in [0.15, 0.2) is 5.17 Å². The zero-order valence-electron chi connectivity index (χ0n) is 13.9. The first-order valence-corrected chi connectivity index (χ1v) is 9.20. The highest BCUT2D eigenvalue weighted by Gasteiger charge is 2.18. The number of anilines is 1. The Morgan fingerprint density at radius 2 is 2.08 bits per heavy atom. The maximum Gasteiger partial charge on any atom is 0.224 e. The molecule has 1 amide bonds. The maximum absolute atomic E-state index is 11.5. The Balaban J connectivity index is 1.52. The van der Waals surface area contributed by atoms with E-state index in [1.54, 1.807) is 11.8 Å². The van der Waals surface area contributed by atoms with Crippen molar-refractivity contribution in [3.8, 4) is 0 Å². The molecule has 2 N–H and O–H groups in total. The number of rotatable bonds is 2. The van der Waals surface area contributed by atoms with Gasteiger partial charge in [0.25, 0.3) is 0 Å². The monoisotopic (exact) mass is 350 g/mol. The second kappa shape index (κ2) is 6.72. The summed E-state index contributed by atoms with van der Waals surface area (Å²) in [7, 11) is 0. The molecule has 126 valence electrons. The van der Waals surface area contributed by atoms with Crippen molar-refractivity contribution in [1.82, 2.24) is 5.43 Å². The zero-order chi connectivity index (χ0) is 17.2. The number of nitrogens with one attached hydrogen (secondary N) is 2. The van der Waals surface area contributed by atoms with Crippen LogP contribution in [0.2, 0.25) is 0 Å². The largest absolute Gasteiger partial charge is 0.326 e. The first kappa shape index (κ1) is 15.9. The highest BCUT2D eigenvalue weighted by Crippen LogP contribution is 2.25. The van der Waals surface area contributed by atoms with Gasteiger partial charge in [0, 0.05) is 17.9 Å². The Morgan fingerprint density at radius 3 is 2.88 bits per heavy atom. The summed E-state index contributed by atoms with van der Waals surface area (Å²) < 4.78 is 0. The summed E-state index contributed by atoms with van der Waals surface area (Å²) in [6, 6.07) is 14.2. The minimum Gasteiger partial charge on any atom is -0.326 e. The Hall–Kier alpha value is -2.60. The first-order valence-electron chi connectivity index (χ1n) is 8.21. The third-order valence-electron chi connectivity index (χ3n) is 4.20. The molecule has 2 aromatic carbocycles. The third-order valence-corrected chi connectivity index (χ3v) is 5.07. The van der Waals surface area contributed by atoms with Gasteiger partial charge in [-0.15, -0.1) is 0 Å². The molecule has 0 fully saturated rings. The Kier molecular flexibility index (Phi) is 4.28. The van der Waals surface area contributed by atoms with Crippen LogP contribution in [0.1, 0.15) is 23.1 Å². The molecule has 4 rings (SSSR count). The van der Waals surface area contributed by atoms with Crippen molar-refractivity contribution in [2.45, 2.75) is 19.8 Å².